The Balaban J connectivity index is 2.22. The van der Waals surface area contributed by atoms with Gasteiger partial charge in [0.05, 0.1) is 18.4 Å². The van der Waals surface area contributed by atoms with Crippen LogP contribution in [0.2, 0.25) is 0 Å². The van der Waals surface area contributed by atoms with Crippen LogP contribution >= 0.6 is 11.3 Å². The number of hydrogen-bond donors (Lipinski definition) is 2. The second-order valence-corrected chi connectivity index (χ2v) is 4.73. The second kappa shape index (κ2) is 6.14. The summed E-state index contributed by atoms with van der Waals surface area (Å²) in [6.45, 7) is 2.19. The smallest absolute Gasteiger partial charge is 0.267 e. The molecule has 2 aromatic rings. The quantitative estimate of drug-likeness (QED) is 0.821. The van der Waals surface area contributed by atoms with Gasteiger partial charge in [0.1, 0.15) is 4.88 Å². The average molecular weight is 271 g/mol. The Morgan fingerprint density at radius 2 is 2.37 bits per heavy atom. The van der Waals surface area contributed by atoms with Crippen molar-refractivity contribution in [3.63, 3.8) is 0 Å². The maximum atomic E-state index is 12.2. The fourth-order valence-corrected chi connectivity index (χ4v) is 2.25. The maximum absolute atomic E-state index is 12.2. The zero-order valence-electron chi connectivity index (χ0n) is 10.4. The number of nitrogens with one attached hydrogen (secondary N) is 1. The third kappa shape index (κ3) is 3.19. The van der Waals surface area contributed by atoms with Gasteiger partial charge in [-0.2, -0.15) is 0 Å². The highest BCUT2D eigenvalue weighted by Gasteiger charge is 2.13. The standard InChI is InChI=1S/C14H13N3OS/c1-10-4-7-16-9-12(10)17-14(18)13-11(3-2-6-15)5-8-19-13/h4-5,7-9H,6,15H2,1H3,(H,17,18). The lowest BCUT2D eigenvalue weighted by Gasteiger charge is -2.06. The third-order valence-electron chi connectivity index (χ3n) is 2.48. The molecule has 1 amide bonds. The lowest BCUT2D eigenvalue weighted by molar-refractivity contribution is 0.103. The van der Waals surface area contributed by atoms with Crippen molar-refractivity contribution < 1.29 is 4.79 Å². The molecule has 2 aromatic heterocycles. The minimum atomic E-state index is -0.174. The van der Waals surface area contributed by atoms with Gasteiger partial charge in [-0.15, -0.1) is 11.3 Å². The molecule has 0 bridgehead atoms. The Labute approximate surface area is 115 Å². The first kappa shape index (κ1) is 13.3. The van der Waals surface area contributed by atoms with E-state index in [0.717, 1.165) is 5.56 Å². The van der Waals surface area contributed by atoms with Crippen LogP contribution in [0.25, 0.3) is 0 Å². The first-order valence-corrected chi connectivity index (χ1v) is 6.58. The molecule has 19 heavy (non-hydrogen) atoms. The molecule has 2 heterocycles. The molecule has 2 rings (SSSR count). The normalized spacial score (nSPS) is 9.58. The van der Waals surface area contributed by atoms with Gasteiger partial charge >= 0.3 is 0 Å². The van der Waals surface area contributed by atoms with E-state index in [4.69, 9.17) is 5.73 Å². The minimum Gasteiger partial charge on any atom is -0.320 e. The second-order valence-electron chi connectivity index (χ2n) is 3.81. The van der Waals surface area contributed by atoms with E-state index in [1.807, 2.05) is 24.4 Å². The van der Waals surface area contributed by atoms with Crippen molar-refractivity contribution in [2.75, 3.05) is 11.9 Å². The van der Waals surface area contributed by atoms with Crippen molar-refractivity contribution in [3.8, 4) is 11.8 Å². The van der Waals surface area contributed by atoms with Crippen molar-refractivity contribution in [1.29, 1.82) is 0 Å². The van der Waals surface area contributed by atoms with E-state index in [-0.39, 0.29) is 12.5 Å². The highest BCUT2D eigenvalue weighted by Crippen LogP contribution is 2.19. The van der Waals surface area contributed by atoms with Gasteiger partial charge in [-0.3, -0.25) is 9.78 Å². The molecule has 0 aliphatic rings. The van der Waals surface area contributed by atoms with Crippen LogP contribution < -0.4 is 11.1 Å². The van der Waals surface area contributed by atoms with Crippen LogP contribution in [0, 0.1) is 18.8 Å². The van der Waals surface area contributed by atoms with Gasteiger partial charge in [0, 0.05) is 11.8 Å². The van der Waals surface area contributed by atoms with Crippen molar-refractivity contribution in [3.05, 3.63) is 45.9 Å². The Morgan fingerprint density at radius 1 is 1.53 bits per heavy atom. The van der Waals surface area contributed by atoms with Crippen LogP contribution in [0.15, 0.2) is 29.9 Å². The van der Waals surface area contributed by atoms with E-state index in [9.17, 15) is 4.79 Å². The maximum Gasteiger partial charge on any atom is 0.267 e. The monoisotopic (exact) mass is 271 g/mol. The molecule has 0 unspecified atom stereocenters. The largest absolute Gasteiger partial charge is 0.320 e. The number of aromatic nitrogens is 1. The van der Waals surface area contributed by atoms with E-state index >= 15 is 0 Å². The summed E-state index contributed by atoms with van der Waals surface area (Å²) >= 11 is 1.36. The summed E-state index contributed by atoms with van der Waals surface area (Å²) in [4.78, 5) is 16.8. The van der Waals surface area contributed by atoms with Crippen molar-refractivity contribution in [2.45, 2.75) is 6.92 Å². The zero-order valence-corrected chi connectivity index (χ0v) is 11.3. The average Bonchev–Trinajstić information content (AvgIpc) is 2.87. The van der Waals surface area contributed by atoms with Gasteiger partial charge in [-0.05, 0) is 30.0 Å². The number of rotatable bonds is 2. The minimum absolute atomic E-state index is 0.174. The molecule has 0 atom stereocenters. The number of thiophene rings is 1. The van der Waals surface area contributed by atoms with E-state index in [1.165, 1.54) is 11.3 Å². The summed E-state index contributed by atoms with van der Waals surface area (Å²) in [5, 5.41) is 4.68. The lowest BCUT2D eigenvalue weighted by Crippen LogP contribution is -2.12. The molecule has 0 aliphatic carbocycles. The summed E-state index contributed by atoms with van der Waals surface area (Å²) in [6.07, 6.45) is 3.32. The molecular weight excluding hydrogens is 258 g/mol. The molecule has 4 nitrogen and oxygen atoms in total. The van der Waals surface area contributed by atoms with Gasteiger partial charge in [-0.1, -0.05) is 11.8 Å². The Kier molecular flexibility index (Phi) is 4.29. The van der Waals surface area contributed by atoms with Crippen molar-refractivity contribution >= 4 is 22.9 Å². The molecule has 0 fully saturated rings. The highest BCUT2D eigenvalue weighted by atomic mass is 32.1. The number of hydrogen-bond acceptors (Lipinski definition) is 4. The Hall–Kier alpha value is -2.16. The number of anilines is 1. The predicted octanol–water partition coefficient (Wildman–Crippen LogP) is 2.01. The van der Waals surface area contributed by atoms with Gasteiger partial charge in [0.15, 0.2) is 0 Å². The topological polar surface area (TPSA) is 68.0 Å². The molecule has 0 saturated carbocycles. The van der Waals surface area contributed by atoms with Gasteiger partial charge < -0.3 is 11.1 Å². The van der Waals surface area contributed by atoms with Crippen LogP contribution in [0.1, 0.15) is 20.8 Å². The van der Waals surface area contributed by atoms with Crippen LogP contribution in [0.5, 0.6) is 0 Å². The lowest BCUT2D eigenvalue weighted by atomic mass is 10.2. The van der Waals surface area contributed by atoms with E-state index in [0.29, 0.717) is 16.1 Å². The fourth-order valence-electron chi connectivity index (χ4n) is 1.50. The Morgan fingerprint density at radius 3 is 3.11 bits per heavy atom. The van der Waals surface area contributed by atoms with Gasteiger partial charge in [0.25, 0.3) is 5.91 Å². The number of nitrogens with zero attached hydrogens (tertiary/aromatic N) is 1. The summed E-state index contributed by atoms with van der Waals surface area (Å²) < 4.78 is 0. The molecule has 3 N–H and O–H groups in total. The van der Waals surface area contributed by atoms with E-state index in [2.05, 4.69) is 22.1 Å². The molecule has 0 spiro atoms. The molecule has 0 aromatic carbocycles. The molecule has 0 saturated heterocycles. The molecule has 0 aliphatic heterocycles. The number of carbonyl (C=O) groups excluding carboxylic acids is 1. The first-order valence-electron chi connectivity index (χ1n) is 5.70. The Bertz CT molecular complexity index is 652. The number of nitrogens with two attached hydrogens (primary N) is 1. The van der Waals surface area contributed by atoms with Crippen LogP contribution in [-0.4, -0.2) is 17.4 Å². The van der Waals surface area contributed by atoms with Crippen molar-refractivity contribution in [1.82, 2.24) is 4.98 Å². The third-order valence-corrected chi connectivity index (χ3v) is 3.40. The summed E-state index contributed by atoms with van der Waals surface area (Å²) in [5.41, 5.74) is 7.71. The number of pyridine rings is 1. The summed E-state index contributed by atoms with van der Waals surface area (Å²) in [7, 11) is 0. The first-order chi connectivity index (χ1) is 9.22. The van der Waals surface area contributed by atoms with Crippen molar-refractivity contribution in [2.24, 2.45) is 5.73 Å². The van der Waals surface area contributed by atoms with Gasteiger partial charge in [0.2, 0.25) is 0 Å². The zero-order chi connectivity index (χ0) is 13.7. The molecular formula is C14H13N3OS. The summed E-state index contributed by atoms with van der Waals surface area (Å²) in [5.74, 6) is 5.47. The van der Waals surface area contributed by atoms with E-state index < -0.39 is 0 Å². The molecule has 96 valence electrons. The molecule has 5 heteroatoms. The number of carbonyl (C=O) groups is 1. The van der Waals surface area contributed by atoms with Gasteiger partial charge in [-0.25, -0.2) is 0 Å². The fraction of sp³-hybridized carbons (Fsp3) is 0.143. The van der Waals surface area contributed by atoms with Crippen LogP contribution in [-0.2, 0) is 0 Å². The van der Waals surface area contributed by atoms with Crippen LogP contribution in [0.4, 0.5) is 5.69 Å². The summed E-state index contributed by atoms with van der Waals surface area (Å²) in [6, 6.07) is 3.66. The number of aryl methyl sites for hydroxylation is 1. The SMILES string of the molecule is Cc1ccncc1NC(=O)c1sccc1C#CCN. The predicted molar refractivity (Wildman–Crippen MR) is 77.2 cm³/mol. The molecule has 0 radical (unpaired) electrons. The van der Waals surface area contributed by atoms with E-state index in [1.54, 1.807) is 12.4 Å². The van der Waals surface area contributed by atoms with Crippen LogP contribution in [0.3, 0.4) is 0 Å². The highest BCUT2D eigenvalue weighted by molar-refractivity contribution is 7.12. The number of amides is 1.